The maximum absolute atomic E-state index is 13.9. The van der Waals surface area contributed by atoms with Crippen molar-refractivity contribution in [3.8, 4) is 22.4 Å². The molecular formula is C38H36N4O3S. The Labute approximate surface area is 273 Å². The zero-order chi connectivity index (χ0) is 31.3. The molecule has 5 aromatic rings. The van der Waals surface area contributed by atoms with Crippen LogP contribution >= 0.6 is 11.3 Å². The molecule has 7 rings (SSSR count). The van der Waals surface area contributed by atoms with Gasteiger partial charge in [0.25, 0.3) is 11.8 Å². The van der Waals surface area contributed by atoms with Crippen molar-refractivity contribution in [3.05, 3.63) is 124 Å². The summed E-state index contributed by atoms with van der Waals surface area (Å²) >= 11 is 1.78. The van der Waals surface area contributed by atoms with E-state index in [4.69, 9.17) is 9.72 Å². The molecule has 0 saturated carbocycles. The first-order valence-corrected chi connectivity index (χ1v) is 16.7. The summed E-state index contributed by atoms with van der Waals surface area (Å²) < 4.78 is 5.47. The van der Waals surface area contributed by atoms with Crippen molar-refractivity contribution >= 4 is 34.5 Å². The molecule has 3 heterocycles. The van der Waals surface area contributed by atoms with E-state index in [0.29, 0.717) is 23.4 Å². The number of ether oxygens (including phenoxy) is 1. The lowest BCUT2D eigenvalue weighted by Gasteiger charge is -2.26. The van der Waals surface area contributed by atoms with E-state index in [1.54, 1.807) is 35.6 Å². The Morgan fingerprint density at radius 1 is 0.804 bits per heavy atom. The number of nitrogens with one attached hydrogen (secondary N) is 1. The van der Waals surface area contributed by atoms with Crippen molar-refractivity contribution in [1.29, 1.82) is 0 Å². The summed E-state index contributed by atoms with van der Waals surface area (Å²) in [7, 11) is 0. The Hall–Kier alpha value is -4.63. The minimum Gasteiger partial charge on any atom is -0.379 e. The summed E-state index contributed by atoms with van der Waals surface area (Å²) in [5, 5.41) is 4.17. The summed E-state index contributed by atoms with van der Waals surface area (Å²) in [5.74, 6) is -0.264. The van der Waals surface area contributed by atoms with Crippen molar-refractivity contribution in [2.24, 2.45) is 0 Å². The Bertz CT molecular complexity index is 1830. The molecule has 0 atom stereocenters. The predicted octanol–water partition coefficient (Wildman–Crippen LogP) is 7.20. The number of para-hydroxylation sites is 1. The van der Waals surface area contributed by atoms with Crippen LogP contribution in [0.3, 0.4) is 0 Å². The van der Waals surface area contributed by atoms with Gasteiger partial charge in [-0.05, 0) is 60.5 Å². The van der Waals surface area contributed by atoms with E-state index in [0.717, 1.165) is 85.2 Å². The van der Waals surface area contributed by atoms with Crippen molar-refractivity contribution in [2.75, 3.05) is 49.6 Å². The highest BCUT2D eigenvalue weighted by Crippen LogP contribution is 2.39. The van der Waals surface area contributed by atoms with Crippen LogP contribution < -0.4 is 10.2 Å². The number of benzene rings is 4. The lowest BCUT2D eigenvalue weighted by molar-refractivity contribution is 0.0374. The van der Waals surface area contributed by atoms with Crippen molar-refractivity contribution in [3.63, 3.8) is 0 Å². The smallest absolute Gasteiger partial charge is 0.258 e. The number of nitrogens with zero attached hydrogens (tertiary/aromatic N) is 3. The number of morpholine rings is 1. The van der Waals surface area contributed by atoms with Gasteiger partial charge in [0.15, 0.2) is 0 Å². The Morgan fingerprint density at radius 3 is 2.33 bits per heavy atom. The number of thiazole rings is 1. The van der Waals surface area contributed by atoms with Crippen molar-refractivity contribution in [1.82, 2.24) is 9.88 Å². The molecule has 0 spiro atoms. The first kappa shape index (κ1) is 30.0. The fourth-order valence-electron chi connectivity index (χ4n) is 6.22. The molecule has 0 bridgehead atoms. The first-order chi connectivity index (χ1) is 22.6. The van der Waals surface area contributed by atoms with E-state index in [2.05, 4.69) is 16.3 Å². The van der Waals surface area contributed by atoms with Gasteiger partial charge in [-0.15, -0.1) is 11.3 Å². The van der Waals surface area contributed by atoms with E-state index >= 15 is 0 Å². The molecule has 0 aliphatic carbocycles. The molecule has 2 aliphatic rings. The van der Waals surface area contributed by atoms with Gasteiger partial charge in [-0.3, -0.25) is 14.5 Å². The predicted molar refractivity (Wildman–Crippen MR) is 185 cm³/mol. The van der Waals surface area contributed by atoms with Gasteiger partial charge < -0.3 is 15.0 Å². The van der Waals surface area contributed by atoms with Crippen molar-refractivity contribution < 1.29 is 14.3 Å². The molecule has 0 unspecified atom stereocenters. The van der Waals surface area contributed by atoms with Crippen LogP contribution in [0.15, 0.2) is 103 Å². The van der Waals surface area contributed by atoms with Gasteiger partial charge in [0.2, 0.25) is 0 Å². The summed E-state index contributed by atoms with van der Waals surface area (Å²) in [6.45, 7) is 5.30. The molecule has 1 N–H and O–H groups in total. The fourth-order valence-corrected chi connectivity index (χ4v) is 7.33. The molecule has 1 saturated heterocycles. The number of carbonyl (C=O) groups is 2. The van der Waals surface area contributed by atoms with Crippen LogP contribution in [0.2, 0.25) is 0 Å². The number of anilines is 2. The third-order valence-corrected chi connectivity index (χ3v) is 9.79. The Kier molecular flexibility index (Phi) is 9.01. The standard InChI is InChI=1S/C38H36N4O3S/c43-37(31-12-5-4-11-30(31)27-9-2-1-3-10-27)39-29-18-16-28(17-19-29)38(44)42-22-20-34-36(32-13-6-7-14-33(32)42)40-35(46-34)15-8-21-41-23-25-45-26-24-41/h1-7,9-14,16-19H,8,15,20-26H2,(H,39,43). The second-order valence-corrected chi connectivity index (χ2v) is 12.8. The zero-order valence-electron chi connectivity index (χ0n) is 25.7. The molecule has 1 fully saturated rings. The van der Waals surface area contributed by atoms with Gasteiger partial charge in [-0.1, -0.05) is 66.7 Å². The highest BCUT2D eigenvalue weighted by Gasteiger charge is 2.27. The van der Waals surface area contributed by atoms with E-state index in [1.165, 1.54) is 4.88 Å². The number of fused-ring (bicyclic) bond motifs is 3. The van der Waals surface area contributed by atoms with Gasteiger partial charge in [-0.2, -0.15) is 0 Å². The zero-order valence-corrected chi connectivity index (χ0v) is 26.5. The van der Waals surface area contributed by atoms with Crippen LogP contribution in [0.25, 0.3) is 22.4 Å². The van der Waals surface area contributed by atoms with Crippen LogP contribution in [-0.4, -0.2) is 61.1 Å². The third-order valence-electron chi connectivity index (χ3n) is 8.61. The van der Waals surface area contributed by atoms with Crippen molar-refractivity contribution in [2.45, 2.75) is 19.3 Å². The molecule has 4 aromatic carbocycles. The number of carbonyl (C=O) groups excluding carboxylic acids is 2. The van der Waals surface area contributed by atoms with Crippen LogP contribution in [0.1, 0.15) is 37.0 Å². The van der Waals surface area contributed by atoms with Gasteiger partial charge in [0.05, 0.1) is 29.6 Å². The van der Waals surface area contributed by atoms with Gasteiger partial charge in [0, 0.05) is 59.7 Å². The normalized spacial score (nSPS) is 14.7. The van der Waals surface area contributed by atoms with Crippen LogP contribution in [0.4, 0.5) is 11.4 Å². The number of amides is 2. The molecule has 8 heteroatoms. The van der Waals surface area contributed by atoms with Gasteiger partial charge in [-0.25, -0.2) is 4.98 Å². The minimum absolute atomic E-state index is 0.0689. The van der Waals surface area contributed by atoms with Crippen LogP contribution in [-0.2, 0) is 17.6 Å². The Morgan fingerprint density at radius 2 is 1.52 bits per heavy atom. The third kappa shape index (κ3) is 6.51. The van der Waals surface area contributed by atoms with E-state index in [-0.39, 0.29) is 11.8 Å². The molecule has 0 radical (unpaired) electrons. The average molecular weight is 629 g/mol. The van der Waals surface area contributed by atoms with Gasteiger partial charge in [0.1, 0.15) is 0 Å². The topological polar surface area (TPSA) is 74.8 Å². The summed E-state index contributed by atoms with van der Waals surface area (Å²) in [6, 6.07) is 32.7. The minimum atomic E-state index is -0.195. The highest BCUT2D eigenvalue weighted by atomic mass is 32.1. The largest absolute Gasteiger partial charge is 0.379 e. The fraction of sp³-hybridized carbons (Fsp3) is 0.237. The van der Waals surface area contributed by atoms with Crippen LogP contribution in [0, 0.1) is 0 Å². The SMILES string of the molecule is O=C(Nc1ccc(C(=O)N2CCc3sc(CCCN4CCOCC4)nc3-c3ccccc32)cc1)c1ccccc1-c1ccccc1. The number of aromatic nitrogens is 1. The molecule has 232 valence electrons. The van der Waals surface area contributed by atoms with Crippen LogP contribution in [0.5, 0.6) is 0 Å². The highest BCUT2D eigenvalue weighted by molar-refractivity contribution is 7.12. The number of hydrogen-bond acceptors (Lipinski definition) is 6. The Balaban J connectivity index is 1.04. The lowest BCUT2D eigenvalue weighted by Crippen LogP contribution is -2.36. The summed E-state index contributed by atoms with van der Waals surface area (Å²) in [4.78, 5) is 37.9. The quantitative estimate of drug-likeness (QED) is 0.197. The van der Waals surface area contributed by atoms with Gasteiger partial charge >= 0.3 is 0 Å². The molecule has 2 amide bonds. The summed E-state index contributed by atoms with van der Waals surface area (Å²) in [6.07, 6.45) is 2.79. The maximum atomic E-state index is 13.9. The molecule has 2 aliphatic heterocycles. The monoisotopic (exact) mass is 628 g/mol. The van der Waals surface area contributed by atoms with E-state index in [9.17, 15) is 9.59 Å². The summed E-state index contributed by atoms with van der Waals surface area (Å²) in [5.41, 5.74) is 6.54. The molecule has 1 aromatic heterocycles. The molecule has 7 nitrogen and oxygen atoms in total. The number of hydrogen-bond donors (Lipinski definition) is 1. The molecule has 46 heavy (non-hydrogen) atoms. The van der Waals surface area contributed by atoms with E-state index < -0.39 is 0 Å². The second-order valence-electron chi connectivity index (χ2n) is 11.6. The molecular weight excluding hydrogens is 593 g/mol. The maximum Gasteiger partial charge on any atom is 0.258 e. The second kappa shape index (κ2) is 13.8. The first-order valence-electron chi connectivity index (χ1n) is 15.9. The number of rotatable bonds is 8. The van der Waals surface area contributed by atoms with E-state index in [1.807, 2.05) is 77.7 Å². The average Bonchev–Trinajstić information content (AvgIpc) is 3.45. The lowest BCUT2D eigenvalue weighted by atomic mass is 9.99. The number of aryl methyl sites for hydroxylation is 1.